The zero-order chi connectivity index (χ0) is 14.5. The Labute approximate surface area is 125 Å². The smallest absolute Gasteiger partial charge is 0.137 e. The highest BCUT2D eigenvalue weighted by atomic mass is 16.5. The van der Waals surface area contributed by atoms with Gasteiger partial charge in [0.05, 0.1) is 0 Å². The predicted molar refractivity (Wildman–Crippen MR) is 82.7 cm³/mol. The molecule has 0 radical (unpaired) electrons. The van der Waals surface area contributed by atoms with E-state index in [1.165, 1.54) is 15.7 Å². The molecule has 1 atom stereocenters. The number of ether oxygens (including phenoxy) is 1. The van der Waals surface area contributed by atoms with Crippen LogP contribution in [0.5, 0.6) is 5.75 Å². The average molecular weight is 288 g/mol. The van der Waals surface area contributed by atoms with Crippen LogP contribution in [0.4, 0.5) is 0 Å². The minimum Gasteiger partial charge on any atom is -0.491 e. The lowest BCUT2D eigenvalue weighted by Crippen LogP contribution is -3.21. The summed E-state index contributed by atoms with van der Waals surface area (Å²) < 4.78 is 5.75. The second-order valence-electron chi connectivity index (χ2n) is 5.79. The summed E-state index contributed by atoms with van der Waals surface area (Å²) in [7, 11) is 0. The molecule has 21 heavy (non-hydrogen) atoms. The van der Waals surface area contributed by atoms with Crippen molar-refractivity contribution in [3.8, 4) is 5.75 Å². The first kappa shape index (κ1) is 14.3. The van der Waals surface area contributed by atoms with Crippen LogP contribution in [-0.4, -0.2) is 50.5 Å². The summed E-state index contributed by atoms with van der Waals surface area (Å²) >= 11 is 0. The summed E-state index contributed by atoms with van der Waals surface area (Å²) in [5.74, 6) is 0.828. The molecule has 2 aromatic carbocycles. The molecule has 0 spiro atoms. The van der Waals surface area contributed by atoms with E-state index < -0.39 is 6.10 Å². The number of nitrogens with one attached hydrogen (secondary N) is 1. The maximum absolute atomic E-state index is 10.1. The van der Waals surface area contributed by atoms with Crippen LogP contribution in [-0.2, 0) is 0 Å². The minimum absolute atomic E-state index is 0.367. The molecule has 3 rings (SSSR count). The number of rotatable bonds is 5. The third kappa shape index (κ3) is 3.94. The minimum atomic E-state index is -0.399. The Hall–Kier alpha value is -1.62. The van der Waals surface area contributed by atoms with Crippen molar-refractivity contribution in [3.05, 3.63) is 42.5 Å². The van der Waals surface area contributed by atoms with Gasteiger partial charge in [-0.05, 0) is 22.9 Å². The van der Waals surface area contributed by atoms with Crippen molar-refractivity contribution < 1.29 is 20.1 Å². The molecule has 4 nitrogen and oxygen atoms in total. The van der Waals surface area contributed by atoms with Crippen LogP contribution in [0.15, 0.2) is 42.5 Å². The number of hydrogen-bond donors (Lipinski definition) is 3. The number of nitrogens with two attached hydrogens (primary N) is 1. The fourth-order valence-electron chi connectivity index (χ4n) is 2.93. The Morgan fingerprint density at radius 2 is 1.86 bits per heavy atom. The highest BCUT2D eigenvalue weighted by Crippen LogP contribution is 2.20. The highest BCUT2D eigenvalue weighted by molar-refractivity contribution is 5.83. The molecule has 4 heteroatoms. The van der Waals surface area contributed by atoms with Gasteiger partial charge in [0.15, 0.2) is 0 Å². The average Bonchev–Trinajstić information content (AvgIpc) is 2.54. The SMILES string of the molecule is O[C@@H](COc1ccc2ccccc2c1)C[NH+]1CC[NH2+]CC1. The molecule has 0 unspecified atom stereocenters. The topological polar surface area (TPSA) is 50.5 Å². The molecular formula is C17H24N2O2+2. The number of fused-ring (bicyclic) bond motifs is 1. The molecule has 1 heterocycles. The number of piperazine rings is 1. The molecule has 4 N–H and O–H groups in total. The lowest BCUT2D eigenvalue weighted by Gasteiger charge is -2.24. The number of hydrogen-bond acceptors (Lipinski definition) is 2. The normalized spacial score (nSPS) is 17.8. The van der Waals surface area contributed by atoms with E-state index in [9.17, 15) is 5.11 Å². The van der Waals surface area contributed by atoms with E-state index in [2.05, 4.69) is 23.5 Å². The lowest BCUT2D eigenvalue weighted by atomic mass is 10.1. The predicted octanol–water partition coefficient (Wildman–Crippen LogP) is -0.959. The number of aliphatic hydroxyl groups excluding tert-OH is 1. The first-order valence-corrected chi connectivity index (χ1v) is 7.76. The molecule has 1 aliphatic rings. The van der Waals surface area contributed by atoms with Gasteiger partial charge in [0, 0.05) is 0 Å². The number of benzene rings is 2. The molecule has 2 aromatic rings. The summed E-state index contributed by atoms with van der Waals surface area (Å²) in [6.45, 7) is 5.73. The van der Waals surface area contributed by atoms with Crippen LogP contribution >= 0.6 is 0 Å². The van der Waals surface area contributed by atoms with Gasteiger partial charge in [-0.3, -0.25) is 0 Å². The second-order valence-corrected chi connectivity index (χ2v) is 5.79. The van der Waals surface area contributed by atoms with Crippen molar-refractivity contribution in [2.45, 2.75) is 6.10 Å². The Kier molecular flexibility index (Phi) is 4.70. The van der Waals surface area contributed by atoms with Crippen LogP contribution in [0.1, 0.15) is 0 Å². The van der Waals surface area contributed by atoms with Gasteiger partial charge in [0.1, 0.15) is 51.2 Å². The van der Waals surface area contributed by atoms with Crippen LogP contribution in [0.2, 0.25) is 0 Å². The fourth-order valence-corrected chi connectivity index (χ4v) is 2.93. The Morgan fingerprint density at radius 3 is 2.67 bits per heavy atom. The molecule has 112 valence electrons. The third-order valence-electron chi connectivity index (χ3n) is 4.09. The Morgan fingerprint density at radius 1 is 1.10 bits per heavy atom. The van der Waals surface area contributed by atoms with Gasteiger partial charge < -0.3 is 20.1 Å². The van der Waals surface area contributed by atoms with E-state index in [1.807, 2.05) is 24.3 Å². The van der Waals surface area contributed by atoms with Gasteiger partial charge in [-0.25, -0.2) is 0 Å². The zero-order valence-corrected chi connectivity index (χ0v) is 12.3. The summed E-state index contributed by atoms with van der Waals surface area (Å²) in [6.07, 6.45) is -0.399. The van der Waals surface area contributed by atoms with E-state index in [-0.39, 0.29) is 0 Å². The molecule has 0 bridgehead atoms. The van der Waals surface area contributed by atoms with Crippen molar-refractivity contribution in [1.29, 1.82) is 0 Å². The molecule has 0 aliphatic carbocycles. The summed E-state index contributed by atoms with van der Waals surface area (Å²) in [5, 5.41) is 14.8. The van der Waals surface area contributed by atoms with Crippen LogP contribution in [0.3, 0.4) is 0 Å². The van der Waals surface area contributed by atoms with E-state index in [4.69, 9.17) is 4.74 Å². The highest BCUT2D eigenvalue weighted by Gasteiger charge is 2.19. The quantitative estimate of drug-likeness (QED) is 0.664. The Balaban J connectivity index is 1.53. The second kappa shape index (κ2) is 6.89. The van der Waals surface area contributed by atoms with Crippen LogP contribution in [0.25, 0.3) is 10.8 Å². The van der Waals surface area contributed by atoms with Crippen molar-refractivity contribution in [3.63, 3.8) is 0 Å². The molecular weight excluding hydrogens is 264 g/mol. The van der Waals surface area contributed by atoms with E-state index in [0.29, 0.717) is 6.61 Å². The summed E-state index contributed by atoms with van der Waals surface area (Å²) in [5.41, 5.74) is 0. The van der Waals surface area contributed by atoms with E-state index >= 15 is 0 Å². The third-order valence-corrected chi connectivity index (χ3v) is 4.09. The van der Waals surface area contributed by atoms with Crippen LogP contribution in [0, 0.1) is 0 Å². The van der Waals surface area contributed by atoms with Gasteiger partial charge in [0.2, 0.25) is 0 Å². The van der Waals surface area contributed by atoms with Gasteiger partial charge in [-0.1, -0.05) is 30.3 Å². The summed E-state index contributed by atoms with van der Waals surface area (Å²) in [4.78, 5) is 1.48. The van der Waals surface area contributed by atoms with E-state index in [0.717, 1.165) is 38.5 Å². The molecule has 0 saturated carbocycles. The van der Waals surface area contributed by atoms with Crippen molar-refractivity contribution in [2.24, 2.45) is 0 Å². The first-order chi connectivity index (χ1) is 10.3. The monoisotopic (exact) mass is 288 g/mol. The molecule has 1 fully saturated rings. The first-order valence-electron chi connectivity index (χ1n) is 7.76. The fraction of sp³-hybridized carbons (Fsp3) is 0.412. The van der Waals surface area contributed by atoms with E-state index in [1.54, 1.807) is 0 Å². The maximum Gasteiger partial charge on any atom is 0.137 e. The molecule has 1 saturated heterocycles. The van der Waals surface area contributed by atoms with Gasteiger partial charge in [0.25, 0.3) is 0 Å². The largest absolute Gasteiger partial charge is 0.491 e. The maximum atomic E-state index is 10.1. The van der Waals surface area contributed by atoms with Gasteiger partial charge in [-0.15, -0.1) is 0 Å². The van der Waals surface area contributed by atoms with Gasteiger partial charge in [-0.2, -0.15) is 0 Å². The summed E-state index contributed by atoms with van der Waals surface area (Å²) in [6, 6.07) is 14.3. The van der Waals surface area contributed by atoms with Crippen molar-refractivity contribution >= 4 is 10.8 Å². The number of quaternary nitrogens is 2. The molecule has 1 aliphatic heterocycles. The zero-order valence-electron chi connectivity index (χ0n) is 12.3. The standard InChI is InChI=1S/C17H22N2O2/c20-16(12-19-9-7-18-8-10-19)13-21-17-6-5-14-3-1-2-4-15(14)11-17/h1-6,11,16,18,20H,7-10,12-13H2/p+2/t16-/m1/s1. The van der Waals surface area contributed by atoms with Crippen LogP contribution < -0.4 is 15.0 Å². The Bertz CT molecular complexity index is 582. The molecule has 0 amide bonds. The lowest BCUT2D eigenvalue weighted by molar-refractivity contribution is -0.949. The number of aliphatic hydroxyl groups is 1. The van der Waals surface area contributed by atoms with Gasteiger partial charge >= 0.3 is 0 Å². The van der Waals surface area contributed by atoms with Crippen molar-refractivity contribution in [2.75, 3.05) is 39.3 Å². The molecule has 0 aromatic heterocycles. The van der Waals surface area contributed by atoms with Crippen molar-refractivity contribution in [1.82, 2.24) is 0 Å².